The lowest BCUT2D eigenvalue weighted by Crippen LogP contribution is -2.37. The maximum atomic E-state index is 11.2. The number of hydrogen-bond donors (Lipinski definition) is 2. The molecule has 6 nitrogen and oxygen atoms in total. The monoisotopic (exact) mass is 213 g/mol. The summed E-state index contributed by atoms with van der Waals surface area (Å²) in [5.74, 6) is 0. The lowest BCUT2D eigenvalue weighted by Gasteiger charge is -2.18. The van der Waals surface area contributed by atoms with Crippen LogP contribution in [0.25, 0.3) is 0 Å². The van der Waals surface area contributed by atoms with Gasteiger partial charge in [0.1, 0.15) is 0 Å². The normalized spacial score (nSPS) is 12.3. The minimum Gasteiger partial charge on any atom is -0.395 e. The van der Waals surface area contributed by atoms with E-state index in [4.69, 9.17) is 10.2 Å². The number of nitrogens with zero attached hydrogens (tertiary/aromatic N) is 1. The van der Waals surface area contributed by atoms with Crippen LogP contribution in [0.1, 0.15) is 6.92 Å². The Bertz CT molecular complexity index is 209. The van der Waals surface area contributed by atoms with E-state index in [1.54, 1.807) is 6.92 Å². The van der Waals surface area contributed by atoms with Crippen LogP contribution in [0.2, 0.25) is 0 Å². The summed E-state index contributed by atoms with van der Waals surface area (Å²) in [6.07, 6.45) is 0. The molecule has 0 bridgehead atoms. The largest absolute Gasteiger partial charge is 0.395 e. The molecule has 0 radical (unpaired) electrons. The molecular formula is C6H15NO5S. The van der Waals surface area contributed by atoms with Gasteiger partial charge in [-0.25, -0.2) is 0 Å². The second kappa shape index (κ2) is 6.28. The van der Waals surface area contributed by atoms with Gasteiger partial charge in [0.25, 0.3) is 0 Å². The Morgan fingerprint density at radius 3 is 2.00 bits per heavy atom. The highest BCUT2D eigenvalue weighted by atomic mass is 32.2. The van der Waals surface area contributed by atoms with Crippen LogP contribution in [0.3, 0.4) is 0 Å². The van der Waals surface area contributed by atoms with E-state index in [1.807, 2.05) is 0 Å². The third kappa shape index (κ3) is 4.53. The molecule has 0 aromatic heterocycles. The smallest absolute Gasteiger partial charge is 0.338 e. The molecule has 13 heavy (non-hydrogen) atoms. The van der Waals surface area contributed by atoms with E-state index in [1.165, 1.54) is 0 Å². The van der Waals surface area contributed by atoms with Crippen molar-refractivity contribution in [2.75, 3.05) is 32.9 Å². The fraction of sp³-hybridized carbons (Fsp3) is 1.00. The van der Waals surface area contributed by atoms with Gasteiger partial charge in [-0.3, -0.25) is 4.18 Å². The van der Waals surface area contributed by atoms with E-state index in [-0.39, 0.29) is 32.9 Å². The molecule has 0 saturated heterocycles. The summed E-state index contributed by atoms with van der Waals surface area (Å²) in [6, 6.07) is 0. The van der Waals surface area contributed by atoms with Crippen LogP contribution in [0.15, 0.2) is 0 Å². The minimum atomic E-state index is -3.78. The molecule has 0 atom stereocenters. The van der Waals surface area contributed by atoms with Crippen LogP contribution in [0.4, 0.5) is 0 Å². The molecular weight excluding hydrogens is 198 g/mol. The first-order valence-electron chi connectivity index (χ1n) is 3.94. The van der Waals surface area contributed by atoms with Gasteiger partial charge in [-0.15, -0.1) is 0 Å². The lowest BCUT2D eigenvalue weighted by atomic mass is 10.6. The molecule has 0 aliphatic carbocycles. The van der Waals surface area contributed by atoms with Gasteiger partial charge in [-0.05, 0) is 6.92 Å². The van der Waals surface area contributed by atoms with Crippen molar-refractivity contribution in [1.82, 2.24) is 4.31 Å². The lowest BCUT2D eigenvalue weighted by molar-refractivity contribution is 0.197. The number of aliphatic hydroxyl groups excluding tert-OH is 2. The molecule has 2 N–H and O–H groups in total. The Hall–Kier alpha value is -0.210. The van der Waals surface area contributed by atoms with Crippen molar-refractivity contribution in [2.24, 2.45) is 0 Å². The molecule has 0 heterocycles. The van der Waals surface area contributed by atoms with Crippen molar-refractivity contribution in [1.29, 1.82) is 0 Å². The van der Waals surface area contributed by atoms with Gasteiger partial charge in [0.15, 0.2) is 0 Å². The first-order valence-corrected chi connectivity index (χ1v) is 5.31. The molecule has 0 fully saturated rings. The van der Waals surface area contributed by atoms with Gasteiger partial charge in [0.2, 0.25) is 0 Å². The molecule has 0 rings (SSSR count). The number of aliphatic hydroxyl groups is 2. The van der Waals surface area contributed by atoms with E-state index in [0.29, 0.717) is 0 Å². The molecule has 0 aromatic rings. The quantitative estimate of drug-likeness (QED) is 0.540. The second-order valence-electron chi connectivity index (χ2n) is 2.21. The summed E-state index contributed by atoms with van der Waals surface area (Å²) < 4.78 is 27.7. The van der Waals surface area contributed by atoms with Crippen LogP contribution in [0, 0.1) is 0 Å². The molecule has 0 amide bonds. The van der Waals surface area contributed by atoms with Crippen LogP contribution in [-0.2, 0) is 14.5 Å². The van der Waals surface area contributed by atoms with Gasteiger partial charge in [0.05, 0.1) is 19.8 Å². The van der Waals surface area contributed by atoms with E-state index >= 15 is 0 Å². The summed E-state index contributed by atoms with van der Waals surface area (Å²) >= 11 is 0. The Morgan fingerprint density at radius 2 is 1.69 bits per heavy atom. The van der Waals surface area contributed by atoms with Gasteiger partial charge < -0.3 is 10.2 Å². The highest BCUT2D eigenvalue weighted by Crippen LogP contribution is 2.01. The van der Waals surface area contributed by atoms with E-state index < -0.39 is 10.3 Å². The minimum absolute atomic E-state index is 0.0374. The van der Waals surface area contributed by atoms with Crippen molar-refractivity contribution >= 4 is 10.3 Å². The van der Waals surface area contributed by atoms with E-state index in [2.05, 4.69) is 4.18 Å². The Kier molecular flexibility index (Phi) is 6.17. The zero-order valence-corrected chi connectivity index (χ0v) is 8.33. The predicted octanol–water partition coefficient (Wildman–Crippen LogP) is -1.45. The predicted molar refractivity (Wildman–Crippen MR) is 46.3 cm³/mol. The Morgan fingerprint density at radius 1 is 1.23 bits per heavy atom. The molecule has 0 aromatic carbocycles. The third-order valence-electron chi connectivity index (χ3n) is 1.28. The molecule has 0 aliphatic heterocycles. The second-order valence-corrected chi connectivity index (χ2v) is 3.82. The van der Waals surface area contributed by atoms with Crippen LogP contribution in [-0.4, -0.2) is 55.8 Å². The summed E-state index contributed by atoms with van der Waals surface area (Å²) in [4.78, 5) is 0. The molecule has 7 heteroatoms. The average molecular weight is 213 g/mol. The van der Waals surface area contributed by atoms with Crippen molar-refractivity contribution in [3.8, 4) is 0 Å². The molecule has 0 saturated carbocycles. The highest BCUT2D eigenvalue weighted by Gasteiger charge is 2.20. The molecule has 0 aliphatic rings. The maximum absolute atomic E-state index is 11.2. The molecule has 80 valence electrons. The zero-order valence-electron chi connectivity index (χ0n) is 7.51. The van der Waals surface area contributed by atoms with E-state index in [0.717, 1.165) is 4.31 Å². The van der Waals surface area contributed by atoms with Gasteiger partial charge >= 0.3 is 10.3 Å². The van der Waals surface area contributed by atoms with Crippen LogP contribution in [0.5, 0.6) is 0 Å². The van der Waals surface area contributed by atoms with Crippen LogP contribution >= 0.6 is 0 Å². The Balaban J connectivity index is 4.33. The fourth-order valence-corrected chi connectivity index (χ4v) is 1.84. The van der Waals surface area contributed by atoms with Gasteiger partial charge in [-0.1, -0.05) is 0 Å². The third-order valence-corrected chi connectivity index (χ3v) is 2.81. The van der Waals surface area contributed by atoms with Crippen molar-refractivity contribution in [2.45, 2.75) is 6.92 Å². The summed E-state index contributed by atoms with van der Waals surface area (Å²) in [6.45, 7) is 0.855. The van der Waals surface area contributed by atoms with Gasteiger partial charge in [-0.2, -0.15) is 12.7 Å². The average Bonchev–Trinajstić information content (AvgIpc) is 2.04. The SMILES string of the molecule is CCOS(=O)(=O)N(CCO)CCO. The van der Waals surface area contributed by atoms with Crippen molar-refractivity contribution in [3.05, 3.63) is 0 Å². The van der Waals surface area contributed by atoms with Crippen molar-refractivity contribution < 1.29 is 22.8 Å². The topological polar surface area (TPSA) is 87.1 Å². The maximum Gasteiger partial charge on any atom is 0.338 e. The fourth-order valence-electron chi connectivity index (χ4n) is 0.782. The van der Waals surface area contributed by atoms with Crippen LogP contribution < -0.4 is 0 Å². The summed E-state index contributed by atoms with van der Waals surface area (Å²) in [7, 11) is -3.78. The van der Waals surface area contributed by atoms with E-state index in [9.17, 15) is 8.42 Å². The summed E-state index contributed by atoms with van der Waals surface area (Å²) in [5, 5.41) is 17.1. The van der Waals surface area contributed by atoms with Gasteiger partial charge in [0, 0.05) is 13.1 Å². The first kappa shape index (κ1) is 12.8. The standard InChI is InChI=1S/C6H15NO5S/c1-2-12-13(10,11)7(3-5-8)4-6-9/h8-9H,2-6H2,1H3. The highest BCUT2D eigenvalue weighted by molar-refractivity contribution is 7.84. The summed E-state index contributed by atoms with van der Waals surface area (Å²) in [5.41, 5.74) is 0. The first-order chi connectivity index (χ1) is 6.08. The number of hydrogen-bond acceptors (Lipinski definition) is 5. The number of rotatable bonds is 7. The Labute approximate surface area is 78.0 Å². The molecule has 0 spiro atoms. The molecule has 0 unspecified atom stereocenters. The zero-order chi connectivity index (χ0) is 10.3. The van der Waals surface area contributed by atoms with Crippen molar-refractivity contribution in [3.63, 3.8) is 0 Å².